The quantitative estimate of drug-likeness (QED) is 0.806. The van der Waals surface area contributed by atoms with Crippen LogP contribution >= 0.6 is 0 Å². The molecule has 4 heteroatoms. The van der Waals surface area contributed by atoms with Crippen LogP contribution in [0.2, 0.25) is 0 Å². The highest BCUT2D eigenvalue weighted by atomic mass is 15.0. The second-order valence-corrected chi connectivity index (χ2v) is 4.52. The maximum Gasteiger partial charge on any atom is 0.126 e. The first-order valence-corrected chi connectivity index (χ1v) is 5.25. The van der Waals surface area contributed by atoms with E-state index in [1.54, 1.807) is 12.4 Å². The Hall–Kier alpha value is -1.68. The van der Waals surface area contributed by atoms with Gasteiger partial charge in [0.25, 0.3) is 0 Å². The van der Waals surface area contributed by atoms with Crippen LogP contribution in [0.25, 0.3) is 11.3 Å². The van der Waals surface area contributed by atoms with Gasteiger partial charge < -0.3 is 10.7 Å². The van der Waals surface area contributed by atoms with Gasteiger partial charge in [-0.15, -0.1) is 0 Å². The van der Waals surface area contributed by atoms with Gasteiger partial charge in [0.1, 0.15) is 5.82 Å². The summed E-state index contributed by atoms with van der Waals surface area (Å²) in [5.74, 6) is 0.803. The van der Waals surface area contributed by atoms with E-state index in [-0.39, 0.29) is 0 Å². The lowest BCUT2D eigenvalue weighted by Gasteiger charge is -2.14. The van der Waals surface area contributed by atoms with Crippen molar-refractivity contribution in [2.24, 2.45) is 5.73 Å². The highest BCUT2D eigenvalue weighted by Crippen LogP contribution is 2.23. The van der Waals surface area contributed by atoms with Gasteiger partial charge in [-0.1, -0.05) is 0 Å². The number of hydrogen-bond donors (Lipinski definition) is 2. The van der Waals surface area contributed by atoms with Crippen molar-refractivity contribution in [1.82, 2.24) is 15.0 Å². The first-order valence-electron chi connectivity index (χ1n) is 5.25. The van der Waals surface area contributed by atoms with Crippen molar-refractivity contribution in [2.45, 2.75) is 26.3 Å². The van der Waals surface area contributed by atoms with E-state index < -0.39 is 5.54 Å². The molecule has 0 aromatic carbocycles. The standard InChI is InChI=1S/C12H16N4/c1-8-10(9-4-6-14-7-5-9)16-11(15-8)12(2,3)13/h4-7H,13H2,1-3H3,(H,15,16). The van der Waals surface area contributed by atoms with Crippen LogP contribution in [0.4, 0.5) is 0 Å². The van der Waals surface area contributed by atoms with Gasteiger partial charge in [-0.05, 0) is 32.9 Å². The molecule has 4 nitrogen and oxygen atoms in total. The summed E-state index contributed by atoms with van der Waals surface area (Å²) in [4.78, 5) is 11.8. The van der Waals surface area contributed by atoms with Crippen LogP contribution in [0.15, 0.2) is 24.5 Å². The molecule has 0 atom stereocenters. The third-order valence-electron chi connectivity index (χ3n) is 2.45. The highest BCUT2D eigenvalue weighted by molar-refractivity contribution is 5.61. The van der Waals surface area contributed by atoms with Crippen molar-refractivity contribution < 1.29 is 0 Å². The molecule has 0 aliphatic carbocycles. The average molecular weight is 216 g/mol. The predicted octanol–water partition coefficient (Wildman–Crippen LogP) is 1.97. The summed E-state index contributed by atoms with van der Waals surface area (Å²) in [6.45, 7) is 5.86. The lowest BCUT2D eigenvalue weighted by atomic mass is 10.1. The molecule has 0 fully saturated rings. The van der Waals surface area contributed by atoms with E-state index in [0.29, 0.717) is 0 Å². The normalized spacial score (nSPS) is 11.8. The Kier molecular flexibility index (Phi) is 2.52. The monoisotopic (exact) mass is 216 g/mol. The van der Waals surface area contributed by atoms with Gasteiger partial charge in [-0.25, -0.2) is 4.98 Å². The minimum absolute atomic E-state index is 0.448. The van der Waals surface area contributed by atoms with Gasteiger partial charge in [0.05, 0.1) is 11.2 Å². The first-order chi connectivity index (χ1) is 7.48. The van der Waals surface area contributed by atoms with Gasteiger partial charge in [0, 0.05) is 23.7 Å². The summed E-state index contributed by atoms with van der Waals surface area (Å²) in [6.07, 6.45) is 3.52. The zero-order chi connectivity index (χ0) is 11.8. The number of rotatable bonds is 2. The van der Waals surface area contributed by atoms with Gasteiger partial charge >= 0.3 is 0 Å². The number of imidazole rings is 1. The maximum atomic E-state index is 6.01. The fraction of sp³-hybridized carbons (Fsp3) is 0.333. The number of nitrogens with zero attached hydrogens (tertiary/aromatic N) is 2. The molecule has 2 aromatic rings. The van der Waals surface area contributed by atoms with E-state index in [0.717, 1.165) is 22.8 Å². The molecule has 2 rings (SSSR count). The fourth-order valence-electron chi connectivity index (χ4n) is 1.56. The Bertz CT molecular complexity index is 479. The molecule has 0 spiro atoms. The summed E-state index contributed by atoms with van der Waals surface area (Å²) >= 11 is 0. The Morgan fingerprint density at radius 1 is 1.25 bits per heavy atom. The molecule has 0 bridgehead atoms. The van der Waals surface area contributed by atoms with Crippen LogP contribution in [0.5, 0.6) is 0 Å². The lowest BCUT2D eigenvalue weighted by Crippen LogP contribution is -2.30. The Labute approximate surface area is 94.9 Å². The van der Waals surface area contributed by atoms with Crippen LogP contribution < -0.4 is 5.73 Å². The molecular formula is C12H16N4. The molecule has 2 aromatic heterocycles. The zero-order valence-corrected chi connectivity index (χ0v) is 9.78. The summed E-state index contributed by atoms with van der Waals surface area (Å²) in [5, 5.41) is 0. The maximum absolute atomic E-state index is 6.01. The number of aryl methyl sites for hydroxylation is 1. The van der Waals surface area contributed by atoms with E-state index in [9.17, 15) is 0 Å². The van der Waals surface area contributed by atoms with Gasteiger partial charge in [0.2, 0.25) is 0 Å². The fourth-order valence-corrected chi connectivity index (χ4v) is 1.56. The van der Waals surface area contributed by atoms with Crippen LogP contribution in [-0.2, 0) is 5.54 Å². The van der Waals surface area contributed by atoms with E-state index in [1.807, 2.05) is 32.9 Å². The summed E-state index contributed by atoms with van der Waals surface area (Å²) in [5.41, 5.74) is 8.59. The summed E-state index contributed by atoms with van der Waals surface area (Å²) in [6, 6.07) is 3.88. The van der Waals surface area contributed by atoms with Crippen molar-refractivity contribution in [3.63, 3.8) is 0 Å². The van der Waals surface area contributed by atoms with Crippen molar-refractivity contribution >= 4 is 0 Å². The molecule has 3 N–H and O–H groups in total. The number of aromatic amines is 1. The number of nitrogens with one attached hydrogen (secondary N) is 1. The Balaban J connectivity index is 2.48. The zero-order valence-electron chi connectivity index (χ0n) is 9.78. The number of nitrogens with two attached hydrogens (primary N) is 1. The molecule has 84 valence electrons. The minimum atomic E-state index is -0.448. The minimum Gasteiger partial charge on any atom is -0.344 e. The second-order valence-electron chi connectivity index (χ2n) is 4.52. The van der Waals surface area contributed by atoms with Crippen LogP contribution in [-0.4, -0.2) is 15.0 Å². The van der Waals surface area contributed by atoms with Crippen LogP contribution in [0, 0.1) is 6.92 Å². The molecule has 0 aliphatic heterocycles. The second kappa shape index (κ2) is 3.72. The highest BCUT2D eigenvalue weighted by Gasteiger charge is 2.20. The molecular weight excluding hydrogens is 200 g/mol. The van der Waals surface area contributed by atoms with Gasteiger partial charge in [-0.3, -0.25) is 4.98 Å². The molecule has 0 saturated carbocycles. The topological polar surface area (TPSA) is 67.6 Å². The van der Waals surface area contributed by atoms with Crippen molar-refractivity contribution in [3.8, 4) is 11.3 Å². The SMILES string of the molecule is Cc1[nH]c(C(C)(C)N)nc1-c1ccncc1. The Morgan fingerprint density at radius 2 is 1.88 bits per heavy atom. The third-order valence-corrected chi connectivity index (χ3v) is 2.45. The number of H-pyrrole nitrogens is 1. The van der Waals surface area contributed by atoms with Crippen LogP contribution in [0.1, 0.15) is 25.4 Å². The van der Waals surface area contributed by atoms with E-state index in [1.165, 1.54) is 0 Å². The van der Waals surface area contributed by atoms with Gasteiger partial charge in [0.15, 0.2) is 0 Å². The molecule has 0 saturated heterocycles. The third kappa shape index (κ3) is 1.97. The number of aromatic nitrogens is 3. The molecule has 2 heterocycles. The van der Waals surface area contributed by atoms with Crippen LogP contribution in [0.3, 0.4) is 0 Å². The summed E-state index contributed by atoms with van der Waals surface area (Å²) < 4.78 is 0. The largest absolute Gasteiger partial charge is 0.344 e. The molecule has 16 heavy (non-hydrogen) atoms. The number of pyridine rings is 1. The van der Waals surface area contributed by atoms with Gasteiger partial charge in [-0.2, -0.15) is 0 Å². The molecule has 0 radical (unpaired) electrons. The van der Waals surface area contributed by atoms with E-state index >= 15 is 0 Å². The smallest absolute Gasteiger partial charge is 0.126 e. The molecule has 0 amide bonds. The Morgan fingerprint density at radius 3 is 2.38 bits per heavy atom. The molecule has 0 unspecified atom stereocenters. The average Bonchev–Trinajstić information content (AvgIpc) is 2.61. The van der Waals surface area contributed by atoms with Crippen molar-refractivity contribution in [3.05, 3.63) is 36.0 Å². The first kappa shape index (κ1) is 10.8. The summed E-state index contributed by atoms with van der Waals surface area (Å²) in [7, 11) is 0. The molecule has 0 aliphatic rings. The van der Waals surface area contributed by atoms with E-state index in [2.05, 4.69) is 15.0 Å². The van der Waals surface area contributed by atoms with E-state index in [4.69, 9.17) is 5.73 Å². The lowest BCUT2D eigenvalue weighted by molar-refractivity contribution is 0.520. The number of hydrogen-bond acceptors (Lipinski definition) is 3. The van der Waals surface area contributed by atoms with Crippen molar-refractivity contribution in [2.75, 3.05) is 0 Å². The predicted molar refractivity (Wildman–Crippen MR) is 63.8 cm³/mol. The van der Waals surface area contributed by atoms with Crippen molar-refractivity contribution in [1.29, 1.82) is 0 Å².